The zero-order valence-corrected chi connectivity index (χ0v) is 20.8. The predicted molar refractivity (Wildman–Crippen MR) is 127 cm³/mol. The molecule has 2 fully saturated rings. The van der Waals surface area contributed by atoms with Gasteiger partial charge in [-0.1, -0.05) is 19.9 Å². The van der Waals surface area contributed by atoms with Gasteiger partial charge in [-0.15, -0.1) is 0 Å². The summed E-state index contributed by atoms with van der Waals surface area (Å²) >= 11 is 3.72. The lowest BCUT2D eigenvalue weighted by Crippen LogP contribution is -2.46. The van der Waals surface area contributed by atoms with E-state index in [1.807, 2.05) is 16.7 Å². The highest BCUT2D eigenvalue weighted by Crippen LogP contribution is 2.35. The zero-order chi connectivity index (χ0) is 22.9. The Hall–Kier alpha value is -2.03. The number of hydrogen-bond acceptors (Lipinski definition) is 6. The van der Waals surface area contributed by atoms with Crippen LogP contribution in [0.5, 0.6) is 0 Å². The molecule has 0 aliphatic carbocycles. The number of anilines is 2. The van der Waals surface area contributed by atoms with Gasteiger partial charge in [0.2, 0.25) is 5.95 Å². The van der Waals surface area contributed by atoms with Crippen LogP contribution in [0.25, 0.3) is 0 Å². The van der Waals surface area contributed by atoms with E-state index in [1.54, 1.807) is 6.07 Å². The van der Waals surface area contributed by atoms with Gasteiger partial charge in [-0.05, 0) is 72.3 Å². The monoisotopic (exact) mass is 502 g/mol. The number of hydrogen-bond donors (Lipinski definition) is 0. The van der Waals surface area contributed by atoms with Gasteiger partial charge in [-0.3, -0.25) is 4.79 Å². The molecule has 0 radical (unpaired) electrons. The lowest BCUT2D eigenvalue weighted by atomic mass is 9.89. The molecule has 0 saturated carbocycles. The number of aryl methyl sites for hydroxylation is 1. The Morgan fingerprint density at radius 1 is 1.22 bits per heavy atom. The van der Waals surface area contributed by atoms with Crippen LogP contribution in [0.4, 0.5) is 11.6 Å². The van der Waals surface area contributed by atoms with Gasteiger partial charge < -0.3 is 9.80 Å². The molecule has 7 nitrogen and oxygen atoms in total. The van der Waals surface area contributed by atoms with Crippen molar-refractivity contribution in [1.82, 2.24) is 14.9 Å². The fourth-order valence-corrected chi connectivity index (χ4v) is 4.96. The third-order valence-corrected chi connectivity index (χ3v) is 7.02. The molecule has 2 aromatic rings. The van der Waals surface area contributed by atoms with Gasteiger partial charge in [-0.2, -0.15) is 0 Å². The molecule has 1 aromatic carbocycles. The van der Waals surface area contributed by atoms with Crippen molar-refractivity contribution >= 4 is 33.5 Å². The van der Waals surface area contributed by atoms with Gasteiger partial charge >= 0.3 is 0 Å². The van der Waals surface area contributed by atoms with Crippen LogP contribution in [0.1, 0.15) is 67.7 Å². The highest BCUT2D eigenvalue weighted by molar-refractivity contribution is 9.10. The third kappa shape index (κ3) is 4.67. The van der Waals surface area contributed by atoms with Crippen LogP contribution in [0.3, 0.4) is 0 Å². The molecule has 1 amide bonds. The molecule has 32 heavy (non-hydrogen) atoms. The first-order valence-electron chi connectivity index (χ1n) is 11.3. The molecule has 4 rings (SSSR count). The Balaban J connectivity index is 1.57. The Morgan fingerprint density at radius 2 is 1.97 bits per heavy atom. The number of halogens is 1. The molecule has 0 bridgehead atoms. The number of aromatic nitrogens is 2. The van der Waals surface area contributed by atoms with Gasteiger partial charge in [0.1, 0.15) is 11.3 Å². The molecule has 1 spiro atoms. The number of carbonyl (C=O) groups excluding carboxylic acids is 1. The molecular formula is C24H31BrN4O3. The van der Waals surface area contributed by atoms with Gasteiger partial charge in [0.15, 0.2) is 0 Å². The first kappa shape index (κ1) is 23.1. The van der Waals surface area contributed by atoms with Crippen LogP contribution >= 0.6 is 15.9 Å². The Morgan fingerprint density at radius 3 is 2.56 bits per heavy atom. The predicted octanol–water partition coefficient (Wildman–Crippen LogP) is 5.16. The van der Waals surface area contributed by atoms with Crippen LogP contribution in [-0.2, 0) is 9.78 Å². The highest BCUT2D eigenvalue weighted by atomic mass is 79.9. The summed E-state index contributed by atoms with van der Waals surface area (Å²) in [5.74, 6) is 0.922. The van der Waals surface area contributed by atoms with Gasteiger partial charge in [-0.25, -0.2) is 19.7 Å². The van der Waals surface area contributed by atoms with E-state index in [9.17, 15) is 4.79 Å². The molecule has 0 atom stereocenters. The summed E-state index contributed by atoms with van der Waals surface area (Å²) in [6, 6.07) is 8.14. The molecule has 172 valence electrons. The number of rotatable bonds is 5. The minimum Gasteiger partial charge on any atom is -0.337 e. The average Bonchev–Trinajstić information content (AvgIpc) is 3.22. The van der Waals surface area contributed by atoms with Crippen molar-refractivity contribution < 1.29 is 14.6 Å². The van der Waals surface area contributed by atoms with Crippen molar-refractivity contribution in [2.24, 2.45) is 0 Å². The number of carbonyl (C=O) groups is 1. The summed E-state index contributed by atoms with van der Waals surface area (Å²) in [5, 5.41) is 0. The first-order chi connectivity index (χ1) is 15.3. The molecule has 2 saturated heterocycles. The molecule has 0 unspecified atom stereocenters. The van der Waals surface area contributed by atoms with Crippen LogP contribution in [0.15, 0.2) is 28.7 Å². The van der Waals surface area contributed by atoms with E-state index in [0.717, 1.165) is 35.1 Å². The van der Waals surface area contributed by atoms with Crippen molar-refractivity contribution in [3.63, 3.8) is 0 Å². The van der Waals surface area contributed by atoms with E-state index in [1.165, 1.54) is 5.56 Å². The van der Waals surface area contributed by atoms with Gasteiger partial charge in [0.05, 0.1) is 12.3 Å². The van der Waals surface area contributed by atoms with Crippen molar-refractivity contribution in [3.8, 4) is 0 Å². The van der Waals surface area contributed by atoms with E-state index in [0.29, 0.717) is 43.8 Å². The minimum absolute atomic E-state index is 0.0595. The molecule has 1 aromatic heterocycles. The van der Waals surface area contributed by atoms with E-state index >= 15 is 0 Å². The first-order valence-corrected chi connectivity index (χ1v) is 12.1. The minimum atomic E-state index is -0.225. The number of benzene rings is 1. The van der Waals surface area contributed by atoms with Crippen molar-refractivity contribution in [2.45, 2.75) is 58.5 Å². The second kappa shape index (κ2) is 9.45. The van der Waals surface area contributed by atoms with Crippen LogP contribution in [-0.4, -0.2) is 52.6 Å². The lowest BCUT2D eigenvalue weighted by Gasteiger charge is -2.36. The number of likely N-dealkylation sites (tertiary alicyclic amines) is 1. The standard InChI is InChI=1S/C24H31BrN4O3/c1-5-29(21-7-6-18(16(2)3)15-19(21)25)23-26-17(4)14-20(27-23)22(30)28-11-8-24(9-12-28)10-13-31-32-24/h6-7,14-16H,5,8-13H2,1-4H3. The topological polar surface area (TPSA) is 67.8 Å². The molecule has 2 aliphatic heterocycles. The Labute approximate surface area is 198 Å². The second-order valence-electron chi connectivity index (χ2n) is 8.93. The maximum Gasteiger partial charge on any atom is 0.272 e. The lowest BCUT2D eigenvalue weighted by molar-refractivity contribution is -0.315. The fraction of sp³-hybridized carbons (Fsp3) is 0.542. The SMILES string of the molecule is CCN(c1nc(C)cc(C(=O)N2CCC3(CCOO3)CC2)n1)c1ccc(C(C)C)cc1Br. The molecule has 0 N–H and O–H groups in total. The molecular weight excluding hydrogens is 472 g/mol. The van der Waals surface area contributed by atoms with E-state index in [2.05, 4.69) is 59.9 Å². The smallest absolute Gasteiger partial charge is 0.272 e. The fourth-order valence-electron chi connectivity index (χ4n) is 4.35. The van der Waals surface area contributed by atoms with Gasteiger partial charge in [0.25, 0.3) is 5.91 Å². The second-order valence-corrected chi connectivity index (χ2v) is 9.79. The molecule has 2 aliphatic rings. The Bertz CT molecular complexity index is 981. The average molecular weight is 503 g/mol. The summed E-state index contributed by atoms with van der Waals surface area (Å²) in [7, 11) is 0. The van der Waals surface area contributed by atoms with Crippen LogP contribution < -0.4 is 4.90 Å². The maximum absolute atomic E-state index is 13.3. The zero-order valence-electron chi connectivity index (χ0n) is 19.2. The third-order valence-electron chi connectivity index (χ3n) is 6.39. The molecule has 3 heterocycles. The highest BCUT2D eigenvalue weighted by Gasteiger charge is 2.41. The van der Waals surface area contributed by atoms with Crippen LogP contribution in [0, 0.1) is 6.92 Å². The summed E-state index contributed by atoms with van der Waals surface area (Å²) in [6.45, 7) is 10.9. The van der Waals surface area contributed by atoms with E-state index < -0.39 is 0 Å². The van der Waals surface area contributed by atoms with Crippen LogP contribution in [0.2, 0.25) is 0 Å². The molecule has 8 heteroatoms. The number of piperidine rings is 1. The normalized spacial score (nSPS) is 17.9. The number of nitrogens with zero attached hydrogens (tertiary/aromatic N) is 4. The van der Waals surface area contributed by atoms with Crippen molar-refractivity contribution in [2.75, 3.05) is 31.1 Å². The quantitative estimate of drug-likeness (QED) is 0.526. The number of amides is 1. The van der Waals surface area contributed by atoms with Gasteiger partial charge in [0, 0.05) is 36.2 Å². The summed E-state index contributed by atoms with van der Waals surface area (Å²) < 4.78 is 0.989. The van der Waals surface area contributed by atoms with Crippen molar-refractivity contribution in [3.05, 3.63) is 45.7 Å². The summed E-state index contributed by atoms with van der Waals surface area (Å²) in [5.41, 5.74) is 3.22. The summed E-state index contributed by atoms with van der Waals surface area (Å²) in [6.07, 6.45) is 2.46. The maximum atomic E-state index is 13.3. The van der Waals surface area contributed by atoms with E-state index in [4.69, 9.17) is 14.8 Å². The van der Waals surface area contributed by atoms with Crippen molar-refractivity contribution in [1.29, 1.82) is 0 Å². The summed E-state index contributed by atoms with van der Waals surface area (Å²) in [4.78, 5) is 37.2. The largest absolute Gasteiger partial charge is 0.337 e. The van der Waals surface area contributed by atoms with E-state index in [-0.39, 0.29) is 11.5 Å². The Kier molecular flexibility index (Phi) is 6.83.